The molecule has 0 spiro atoms. The molecular formula is C32H46N4O4S. The number of fused-ring (bicyclic) bond motifs is 1. The number of benzene rings is 1. The molecule has 2 aliphatic rings. The second-order valence-electron chi connectivity index (χ2n) is 11.5. The molecule has 1 saturated heterocycles. The van der Waals surface area contributed by atoms with Crippen molar-refractivity contribution >= 4 is 39.2 Å². The van der Waals surface area contributed by atoms with Crippen molar-refractivity contribution in [3.8, 4) is 0 Å². The molecule has 2 fully saturated rings. The highest BCUT2D eigenvalue weighted by Gasteiger charge is 2.30. The van der Waals surface area contributed by atoms with Crippen molar-refractivity contribution in [2.24, 2.45) is 11.8 Å². The summed E-state index contributed by atoms with van der Waals surface area (Å²) in [5.41, 5.74) is 2.81. The van der Waals surface area contributed by atoms with Crippen LogP contribution in [0.5, 0.6) is 0 Å². The van der Waals surface area contributed by atoms with Crippen LogP contribution in [-0.2, 0) is 32.0 Å². The van der Waals surface area contributed by atoms with Crippen LogP contribution in [0.2, 0.25) is 0 Å². The van der Waals surface area contributed by atoms with Crippen molar-refractivity contribution in [3.63, 3.8) is 0 Å². The summed E-state index contributed by atoms with van der Waals surface area (Å²) >= 11 is 1.60. The maximum absolute atomic E-state index is 13.8. The molecule has 1 aliphatic heterocycles. The smallest absolute Gasteiger partial charge is 0.224 e. The molecular weight excluding hydrogens is 536 g/mol. The van der Waals surface area contributed by atoms with Gasteiger partial charge in [0.1, 0.15) is 0 Å². The van der Waals surface area contributed by atoms with Crippen LogP contribution < -0.4 is 10.6 Å². The van der Waals surface area contributed by atoms with Crippen molar-refractivity contribution in [3.05, 3.63) is 40.9 Å². The van der Waals surface area contributed by atoms with Crippen molar-refractivity contribution in [2.75, 3.05) is 39.9 Å². The molecule has 9 heteroatoms. The average Bonchev–Trinajstić information content (AvgIpc) is 3.40. The monoisotopic (exact) mass is 582 g/mol. The first-order valence-corrected chi connectivity index (χ1v) is 16.1. The predicted octanol–water partition coefficient (Wildman–Crippen LogP) is 4.46. The molecule has 0 unspecified atom stereocenters. The van der Waals surface area contributed by atoms with Gasteiger partial charge in [0.05, 0.1) is 34.4 Å². The van der Waals surface area contributed by atoms with Gasteiger partial charge in [0.25, 0.3) is 0 Å². The largest absolute Gasteiger partial charge is 0.379 e. The number of Topliss-reactive ketones (excluding diaryl/α,β-unsaturated/α-hetero) is 1. The zero-order chi connectivity index (χ0) is 29.2. The van der Waals surface area contributed by atoms with Gasteiger partial charge < -0.3 is 15.4 Å². The molecule has 2 atom stereocenters. The molecule has 41 heavy (non-hydrogen) atoms. The molecule has 0 bridgehead atoms. The summed E-state index contributed by atoms with van der Waals surface area (Å²) in [6.07, 6.45) is 8.01. The van der Waals surface area contributed by atoms with Crippen LogP contribution in [0, 0.1) is 11.8 Å². The molecule has 1 aromatic carbocycles. The summed E-state index contributed by atoms with van der Waals surface area (Å²) in [6.45, 7) is 9.77. The van der Waals surface area contributed by atoms with Crippen molar-refractivity contribution in [1.29, 1.82) is 0 Å². The number of ether oxygens (including phenoxy) is 1. The quantitative estimate of drug-likeness (QED) is 0.319. The lowest BCUT2D eigenvalue weighted by molar-refractivity contribution is -0.131. The maximum atomic E-state index is 13.8. The molecule has 2 heterocycles. The fraction of sp³-hybridized carbons (Fsp3) is 0.625. The fourth-order valence-electron chi connectivity index (χ4n) is 5.96. The number of nitrogens with zero attached hydrogens (tertiary/aromatic N) is 2. The molecule has 224 valence electrons. The number of carbonyl (C=O) groups excluding carboxylic acids is 3. The lowest BCUT2D eigenvalue weighted by Crippen LogP contribution is -2.45. The van der Waals surface area contributed by atoms with E-state index in [2.05, 4.69) is 41.2 Å². The SMILES string of the molecule is C=C(CN1CCOCC1)C(=O)CC[C@@H](NC(=O)[C@@H](CC(=O)NC)Cc1nc2ccc(CC)cc2s1)C1CCCCC1. The molecule has 0 radical (unpaired) electrons. The highest BCUT2D eigenvalue weighted by molar-refractivity contribution is 7.18. The Morgan fingerprint density at radius 3 is 2.63 bits per heavy atom. The van der Waals surface area contributed by atoms with Crippen LogP contribution in [0.4, 0.5) is 0 Å². The zero-order valence-corrected chi connectivity index (χ0v) is 25.5. The average molecular weight is 583 g/mol. The van der Waals surface area contributed by atoms with E-state index in [4.69, 9.17) is 9.72 Å². The lowest BCUT2D eigenvalue weighted by atomic mass is 9.81. The Hall–Kier alpha value is -2.62. The van der Waals surface area contributed by atoms with E-state index in [9.17, 15) is 14.4 Å². The summed E-state index contributed by atoms with van der Waals surface area (Å²) < 4.78 is 6.52. The van der Waals surface area contributed by atoms with Crippen molar-refractivity contribution < 1.29 is 19.1 Å². The number of hydrogen-bond acceptors (Lipinski definition) is 7. The van der Waals surface area contributed by atoms with Crippen LogP contribution in [0.25, 0.3) is 10.2 Å². The van der Waals surface area contributed by atoms with E-state index in [0.717, 1.165) is 60.4 Å². The van der Waals surface area contributed by atoms with Gasteiger partial charge in [-0.3, -0.25) is 19.3 Å². The number of ketones is 1. The number of hydrogen-bond donors (Lipinski definition) is 2. The van der Waals surface area contributed by atoms with Gasteiger partial charge in [-0.05, 0) is 49.3 Å². The number of amides is 2. The number of morpholine rings is 1. The van der Waals surface area contributed by atoms with Gasteiger partial charge in [-0.25, -0.2) is 4.98 Å². The van der Waals surface area contributed by atoms with Gasteiger partial charge in [0.2, 0.25) is 11.8 Å². The fourth-order valence-corrected chi connectivity index (χ4v) is 7.07. The highest BCUT2D eigenvalue weighted by atomic mass is 32.1. The predicted molar refractivity (Wildman–Crippen MR) is 164 cm³/mol. The van der Waals surface area contributed by atoms with Gasteiger partial charge in [0, 0.05) is 57.6 Å². The first-order valence-electron chi connectivity index (χ1n) is 15.3. The third-order valence-corrected chi connectivity index (χ3v) is 9.59. The van der Waals surface area contributed by atoms with E-state index in [-0.39, 0.29) is 30.1 Å². The van der Waals surface area contributed by atoms with Crippen LogP contribution in [0.15, 0.2) is 30.4 Å². The minimum absolute atomic E-state index is 0.0642. The van der Waals surface area contributed by atoms with Crippen LogP contribution in [0.1, 0.15) is 68.9 Å². The van der Waals surface area contributed by atoms with Gasteiger partial charge in [-0.2, -0.15) is 0 Å². The van der Waals surface area contributed by atoms with Crippen LogP contribution in [0.3, 0.4) is 0 Å². The minimum Gasteiger partial charge on any atom is -0.379 e. The second kappa shape index (κ2) is 15.6. The summed E-state index contributed by atoms with van der Waals surface area (Å²) in [5, 5.41) is 6.85. The number of thiazole rings is 1. The van der Waals surface area contributed by atoms with E-state index in [0.29, 0.717) is 50.5 Å². The zero-order valence-electron chi connectivity index (χ0n) is 24.7. The Kier molecular flexibility index (Phi) is 11.9. The molecule has 1 aliphatic carbocycles. The van der Waals surface area contributed by atoms with Gasteiger partial charge >= 0.3 is 0 Å². The van der Waals surface area contributed by atoms with Gasteiger partial charge in [-0.15, -0.1) is 11.3 Å². The van der Waals surface area contributed by atoms with E-state index >= 15 is 0 Å². The number of nitrogens with one attached hydrogen (secondary N) is 2. The number of aromatic nitrogens is 1. The van der Waals surface area contributed by atoms with E-state index in [1.165, 1.54) is 12.0 Å². The Labute approximate surface area is 248 Å². The molecule has 1 saturated carbocycles. The number of aryl methyl sites for hydroxylation is 1. The van der Waals surface area contributed by atoms with Crippen LogP contribution in [-0.4, -0.2) is 73.4 Å². The minimum atomic E-state index is -0.528. The van der Waals surface area contributed by atoms with Gasteiger partial charge in [-0.1, -0.05) is 38.8 Å². The second-order valence-corrected chi connectivity index (χ2v) is 12.6. The third-order valence-electron chi connectivity index (χ3n) is 8.55. The molecule has 2 amide bonds. The Balaban J connectivity index is 1.43. The Morgan fingerprint density at radius 1 is 1.17 bits per heavy atom. The first kappa shape index (κ1) is 31.3. The van der Waals surface area contributed by atoms with E-state index in [1.54, 1.807) is 18.4 Å². The molecule has 4 rings (SSSR count). The summed E-state index contributed by atoms with van der Waals surface area (Å²) in [4.78, 5) is 46.2. The molecule has 8 nitrogen and oxygen atoms in total. The summed E-state index contributed by atoms with van der Waals surface area (Å²) in [5.74, 6) is -0.419. The normalized spacial score (nSPS) is 18.1. The van der Waals surface area contributed by atoms with Crippen LogP contribution >= 0.6 is 11.3 Å². The third kappa shape index (κ3) is 9.18. The number of rotatable bonds is 14. The standard InChI is InChI=1S/C32H46N4O4S/c1-4-23-10-11-27-29(18-23)41-31(34-27)20-25(19-30(38)33-3)32(39)35-26(24-8-6-5-7-9-24)12-13-28(37)22(2)21-36-14-16-40-17-15-36/h10-11,18,24-26H,2,4-9,12-17,19-21H2,1,3H3,(H,33,38)(H,35,39)/t25-,26+/m0/s1. The first-order chi connectivity index (χ1) is 19.9. The van der Waals surface area contributed by atoms with E-state index < -0.39 is 5.92 Å². The molecule has 2 aromatic rings. The summed E-state index contributed by atoms with van der Waals surface area (Å²) in [7, 11) is 1.60. The molecule has 1 aromatic heterocycles. The topological polar surface area (TPSA) is 101 Å². The maximum Gasteiger partial charge on any atom is 0.224 e. The Morgan fingerprint density at radius 2 is 1.93 bits per heavy atom. The van der Waals surface area contributed by atoms with E-state index in [1.807, 2.05) is 6.07 Å². The van der Waals surface area contributed by atoms with Crippen molar-refractivity contribution in [2.45, 2.75) is 77.2 Å². The molecule has 2 N–H and O–H groups in total. The summed E-state index contributed by atoms with van der Waals surface area (Å²) in [6, 6.07) is 6.18. The van der Waals surface area contributed by atoms with Gasteiger partial charge in [0.15, 0.2) is 5.78 Å². The number of carbonyl (C=O) groups is 3. The van der Waals surface area contributed by atoms with Crippen molar-refractivity contribution in [1.82, 2.24) is 20.5 Å². The lowest BCUT2D eigenvalue weighted by Gasteiger charge is -2.32. The highest BCUT2D eigenvalue weighted by Crippen LogP contribution is 2.30. The Bertz CT molecular complexity index is 1200.